The fourth-order valence-corrected chi connectivity index (χ4v) is 3.85. The number of ether oxygens (including phenoxy) is 2. The maximum atomic E-state index is 12.7. The van der Waals surface area contributed by atoms with Crippen LogP contribution in [0.5, 0.6) is 5.75 Å². The van der Waals surface area contributed by atoms with Gasteiger partial charge in [-0.2, -0.15) is 0 Å². The van der Waals surface area contributed by atoms with Crippen LogP contribution in [-0.2, 0) is 36.8 Å². The normalized spacial score (nSPS) is 17.8. The summed E-state index contributed by atoms with van der Waals surface area (Å²) in [7, 11) is 2.50. The van der Waals surface area contributed by atoms with E-state index in [4.69, 9.17) is 9.47 Å². The van der Waals surface area contributed by atoms with Crippen LogP contribution >= 0.6 is 0 Å². The van der Waals surface area contributed by atoms with Crippen LogP contribution in [0.25, 0.3) is 0 Å². The van der Waals surface area contributed by atoms with Crippen molar-refractivity contribution < 1.29 is 33.6 Å². The number of hydrogen-bond acceptors (Lipinski definition) is 8. The van der Waals surface area contributed by atoms with Gasteiger partial charge in [0.2, 0.25) is 17.7 Å². The Morgan fingerprint density at radius 2 is 1.72 bits per heavy atom. The van der Waals surface area contributed by atoms with Gasteiger partial charge in [0, 0.05) is 30.5 Å². The van der Waals surface area contributed by atoms with E-state index in [0.29, 0.717) is 12.0 Å². The molecule has 1 saturated heterocycles. The molecule has 3 rings (SSSR count). The van der Waals surface area contributed by atoms with Crippen LogP contribution in [0, 0.1) is 10.1 Å². The monoisotopic (exact) mass is 498 g/mol. The first-order valence-corrected chi connectivity index (χ1v) is 11.0. The number of hydrogen-bond donors (Lipinski definition) is 3. The van der Waals surface area contributed by atoms with Crippen LogP contribution in [0.3, 0.4) is 0 Å². The van der Waals surface area contributed by atoms with E-state index in [1.807, 2.05) is 30.3 Å². The number of nitro groups is 1. The number of nitrogens with one attached hydrogen (secondary N) is 3. The Hall–Kier alpha value is -4.48. The van der Waals surface area contributed by atoms with Crippen LogP contribution in [0.2, 0.25) is 0 Å². The van der Waals surface area contributed by atoms with Gasteiger partial charge in [0.25, 0.3) is 5.69 Å². The Balaban J connectivity index is 1.65. The molecule has 0 saturated carbocycles. The lowest BCUT2D eigenvalue weighted by Gasteiger charge is -2.29. The van der Waals surface area contributed by atoms with Gasteiger partial charge in [-0.25, -0.2) is 4.79 Å². The average molecular weight is 498 g/mol. The van der Waals surface area contributed by atoms with Crippen molar-refractivity contribution in [2.45, 2.75) is 37.4 Å². The fourth-order valence-electron chi connectivity index (χ4n) is 3.85. The Morgan fingerprint density at radius 1 is 1.06 bits per heavy atom. The van der Waals surface area contributed by atoms with Gasteiger partial charge in [-0.3, -0.25) is 24.5 Å². The van der Waals surface area contributed by atoms with Crippen molar-refractivity contribution in [2.75, 3.05) is 14.2 Å². The van der Waals surface area contributed by atoms with Gasteiger partial charge in [0.1, 0.15) is 23.9 Å². The van der Waals surface area contributed by atoms with Crippen molar-refractivity contribution in [3.8, 4) is 5.75 Å². The molecule has 3 N–H and O–H groups in total. The van der Waals surface area contributed by atoms with E-state index in [1.165, 1.54) is 25.3 Å². The van der Waals surface area contributed by atoms with Crippen LogP contribution in [-0.4, -0.2) is 61.0 Å². The summed E-state index contributed by atoms with van der Waals surface area (Å²) >= 11 is 0. The molecule has 0 spiro atoms. The zero-order chi connectivity index (χ0) is 26.2. The Morgan fingerprint density at radius 3 is 2.36 bits per heavy atom. The minimum atomic E-state index is -1.22. The zero-order valence-corrected chi connectivity index (χ0v) is 19.7. The topological polar surface area (TPSA) is 166 Å². The molecule has 0 unspecified atom stereocenters. The first-order chi connectivity index (χ1) is 17.2. The molecule has 2 aromatic carbocycles. The summed E-state index contributed by atoms with van der Waals surface area (Å²) in [5, 5.41) is 18.8. The molecule has 0 aromatic heterocycles. The minimum absolute atomic E-state index is 0.161. The van der Waals surface area contributed by atoms with Crippen molar-refractivity contribution in [3.63, 3.8) is 0 Å². The predicted molar refractivity (Wildman–Crippen MR) is 126 cm³/mol. The standard InChI is InChI=1S/C24H26N4O8/c1-35-20-9-8-16(28(33)34)11-15(20)12-19(24(32)36-2)25-21(29)13-18-23(31)26-17(22(30)27-18)10-14-6-4-3-5-7-14/h3-9,11,17-19H,10,12-13H2,1-2H3,(H,25,29)(H,26,31)(H,27,30)/t17-,18-,19-/m0/s1. The van der Waals surface area contributed by atoms with E-state index < -0.39 is 53.2 Å². The van der Waals surface area contributed by atoms with Crippen molar-refractivity contribution in [3.05, 3.63) is 69.8 Å². The number of carbonyl (C=O) groups is 4. The van der Waals surface area contributed by atoms with E-state index >= 15 is 0 Å². The highest BCUT2D eigenvalue weighted by Gasteiger charge is 2.35. The highest BCUT2D eigenvalue weighted by Crippen LogP contribution is 2.25. The lowest BCUT2D eigenvalue weighted by molar-refractivity contribution is -0.384. The molecule has 1 heterocycles. The highest BCUT2D eigenvalue weighted by molar-refractivity contribution is 5.99. The van der Waals surface area contributed by atoms with Gasteiger partial charge < -0.3 is 25.4 Å². The van der Waals surface area contributed by atoms with Gasteiger partial charge in [-0.1, -0.05) is 30.3 Å². The van der Waals surface area contributed by atoms with Crippen molar-refractivity contribution in [1.29, 1.82) is 0 Å². The number of non-ortho nitro benzene ring substituents is 1. The second-order valence-electron chi connectivity index (χ2n) is 8.12. The fraction of sp³-hybridized carbons (Fsp3) is 0.333. The van der Waals surface area contributed by atoms with Crippen LogP contribution in [0.1, 0.15) is 17.5 Å². The number of nitro benzene ring substituents is 1. The molecule has 190 valence electrons. The maximum absolute atomic E-state index is 12.7. The highest BCUT2D eigenvalue weighted by atomic mass is 16.6. The molecule has 1 aliphatic rings. The summed E-state index contributed by atoms with van der Waals surface area (Å²) in [6.45, 7) is 0. The summed E-state index contributed by atoms with van der Waals surface area (Å²) in [6.07, 6.45) is -0.284. The molecule has 3 amide bonds. The molecule has 12 nitrogen and oxygen atoms in total. The van der Waals surface area contributed by atoms with Gasteiger partial charge >= 0.3 is 5.97 Å². The Kier molecular flexibility index (Phi) is 8.55. The molecule has 12 heteroatoms. The van der Waals surface area contributed by atoms with Gasteiger partial charge in [0.05, 0.1) is 25.6 Å². The number of esters is 1. The van der Waals surface area contributed by atoms with Crippen molar-refractivity contribution in [1.82, 2.24) is 16.0 Å². The molecular formula is C24H26N4O8. The SMILES string of the molecule is COC(=O)[C@H](Cc1cc([N+](=O)[O-])ccc1OC)NC(=O)C[C@@H]1NC(=O)[C@H](Cc2ccccc2)NC1=O. The summed E-state index contributed by atoms with van der Waals surface area (Å²) in [5.41, 5.74) is 0.953. The van der Waals surface area contributed by atoms with Gasteiger partial charge in [-0.15, -0.1) is 0 Å². The van der Waals surface area contributed by atoms with E-state index in [2.05, 4.69) is 16.0 Å². The average Bonchev–Trinajstić information content (AvgIpc) is 2.86. The smallest absolute Gasteiger partial charge is 0.328 e. The maximum Gasteiger partial charge on any atom is 0.328 e. The lowest BCUT2D eigenvalue weighted by Crippen LogP contribution is -2.63. The Labute approximate surface area is 206 Å². The number of benzene rings is 2. The molecule has 0 bridgehead atoms. The first-order valence-electron chi connectivity index (χ1n) is 11.0. The Bertz CT molecular complexity index is 1150. The molecular weight excluding hydrogens is 472 g/mol. The number of rotatable bonds is 10. The zero-order valence-electron chi connectivity index (χ0n) is 19.7. The molecule has 1 fully saturated rings. The molecule has 0 radical (unpaired) electrons. The number of carbonyl (C=O) groups excluding carboxylic acids is 4. The number of amides is 3. The van der Waals surface area contributed by atoms with Crippen LogP contribution in [0.4, 0.5) is 5.69 Å². The molecule has 3 atom stereocenters. The third-order valence-corrected chi connectivity index (χ3v) is 5.66. The second-order valence-corrected chi connectivity index (χ2v) is 8.12. The van der Waals surface area contributed by atoms with Crippen molar-refractivity contribution >= 4 is 29.4 Å². The number of piperazine rings is 1. The third-order valence-electron chi connectivity index (χ3n) is 5.66. The molecule has 2 aromatic rings. The molecule has 1 aliphatic heterocycles. The molecule has 36 heavy (non-hydrogen) atoms. The third kappa shape index (κ3) is 6.56. The predicted octanol–water partition coefficient (Wildman–Crippen LogP) is 0.420. The van der Waals surface area contributed by atoms with Crippen LogP contribution < -0.4 is 20.7 Å². The first kappa shape index (κ1) is 26.1. The largest absolute Gasteiger partial charge is 0.496 e. The molecule has 0 aliphatic carbocycles. The summed E-state index contributed by atoms with van der Waals surface area (Å²) < 4.78 is 9.97. The van der Waals surface area contributed by atoms with Crippen LogP contribution in [0.15, 0.2) is 48.5 Å². The minimum Gasteiger partial charge on any atom is -0.496 e. The number of nitrogens with zero attached hydrogens (tertiary/aromatic N) is 1. The van der Waals surface area contributed by atoms with E-state index in [1.54, 1.807) is 0 Å². The number of methoxy groups -OCH3 is 2. The quantitative estimate of drug-likeness (QED) is 0.241. The second kappa shape index (κ2) is 11.8. The van der Waals surface area contributed by atoms with Gasteiger partial charge in [0.15, 0.2) is 0 Å². The summed E-state index contributed by atoms with van der Waals surface area (Å²) in [5.74, 6) is -2.16. The summed E-state index contributed by atoms with van der Waals surface area (Å²) in [6, 6.07) is 9.92. The van der Waals surface area contributed by atoms with E-state index in [9.17, 15) is 29.3 Å². The lowest BCUT2D eigenvalue weighted by atomic mass is 10.0. The van der Waals surface area contributed by atoms with E-state index in [0.717, 1.165) is 12.7 Å². The van der Waals surface area contributed by atoms with E-state index in [-0.39, 0.29) is 17.9 Å². The summed E-state index contributed by atoms with van der Waals surface area (Å²) in [4.78, 5) is 60.6. The van der Waals surface area contributed by atoms with Crippen molar-refractivity contribution in [2.24, 2.45) is 0 Å². The van der Waals surface area contributed by atoms with Gasteiger partial charge in [-0.05, 0) is 11.6 Å².